The molecule has 0 bridgehead atoms. The molecule has 0 amide bonds. The zero-order valence-corrected chi connectivity index (χ0v) is 4.59. The first-order valence-corrected chi connectivity index (χ1v) is 2.71. The fraction of sp³-hybridized carbons (Fsp3) is 0.667. The summed E-state index contributed by atoms with van der Waals surface area (Å²) in [7, 11) is 0. The van der Waals surface area contributed by atoms with E-state index in [1.54, 1.807) is 0 Å². The molecule has 0 aromatic carbocycles. The highest BCUT2D eigenvalue weighted by Crippen LogP contribution is 2.11. The fourth-order valence-corrected chi connectivity index (χ4v) is 0.802. The van der Waals surface area contributed by atoms with Crippen molar-refractivity contribution in [3.8, 4) is 0 Å². The van der Waals surface area contributed by atoms with Crippen LogP contribution in [0.1, 0.15) is 12.8 Å². The van der Waals surface area contributed by atoms with E-state index < -0.39 is 0 Å². The Hall–Kier alpha value is -0.370. The van der Waals surface area contributed by atoms with Crippen LogP contribution >= 0.6 is 0 Å². The lowest BCUT2D eigenvalue weighted by molar-refractivity contribution is -0.123. The van der Waals surface area contributed by atoms with Crippen molar-refractivity contribution in [3.05, 3.63) is 6.92 Å². The summed E-state index contributed by atoms with van der Waals surface area (Å²) in [6, 6.07) is 0. The van der Waals surface area contributed by atoms with Crippen LogP contribution in [0.25, 0.3) is 0 Å². The average Bonchev–Trinajstić information content (AvgIpc) is 2.12. The Morgan fingerprint density at radius 3 is 2.75 bits per heavy atom. The predicted octanol–water partition coefficient (Wildman–Crippen LogP) is 0.446. The van der Waals surface area contributed by atoms with Crippen LogP contribution in [0.4, 0.5) is 0 Å². The van der Waals surface area contributed by atoms with E-state index in [-0.39, 0.29) is 11.9 Å². The van der Waals surface area contributed by atoms with Crippen molar-refractivity contribution < 1.29 is 9.53 Å². The quantitative estimate of drug-likeness (QED) is 0.492. The molecule has 2 nitrogen and oxygen atoms in total. The van der Waals surface area contributed by atoms with Gasteiger partial charge in [-0.15, -0.1) is 0 Å². The minimum absolute atomic E-state index is 0.296. The van der Waals surface area contributed by atoms with E-state index >= 15 is 0 Å². The Kier molecular flexibility index (Phi) is 1.63. The highest BCUT2D eigenvalue weighted by Gasteiger charge is 2.19. The van der Waals surface area contributed by atoms with Crippen molar-refractivity contribution in [2.45, 2.75) is 18.9 Å². The molecule has 0 spiro atoms. The maximum atomic E-state index is 10.3. The second kappa shape index (κ2) is 2.27. The summed E-state index contributed by atoms with van der Waals surface area (Å²) in [5.74, 6) is -0.331. The number of hydrogen-bond acceptors (Lipinski definition) is 2. The van der Waals surface area contributed by atoms with E-state index in [0.717, 1.165) is 12.8 Å². The molecule has 1 aliphatic rings. The van der Waals surface area contributed by atoms with Crippen LogP contribution in [-0.2, 0) is 9.53 Å². The first-order valence-electron chi connectivity index (χ1n) is 2.71. The summed E-state index contributed by atoms with van der Waals surface area (Å²) in [6.07, 6.45) is 1.47. The third-order valence-corrected chi connectivity index (χ3v) is 1.25. The van der Waals surface area contributed by atoms with Gasteiger partial charge in [-0.2, -0.15) is 0 Å². The SMILES string of the molecule is [CH]C(=O)C1CCCO1. The standard InChI is InChI=1S/C6H8O2/c1-5(7)6-3-2-4-8-6/h1,6H,2-4H2. The third-order valence-electron chi connectivity index (χ3n) is 1.25. The van der Waals surface area contributed by atoms with Gasteiger partial charge in [0.25, 0.3) is 0 Å². The van der Waals surface area contributed by atoms with E-state index in [1.165, 1.54) is 0 Å². The molecule has 0 aromatic heterocycles. The van der Waals surface area contributed by atoms with E-state index in [2.05, 4.69) is 0 Å². The van der Waals surface area contributed by atoms with Gasteiger partial charge >= 0.3 is 0 Å². The number of ketones is 1. The molecule has 1 saturated heterocycles. The van der Waals surface area contributed by atoms with Crippen molar-refractivity contribution in [2.24, 2.45) is 0 Å². The van der Waals surface area contributed by atoms with Crippen LogP contribution in [0.2, 0.25) is 0 Å². The van der Waals surface area contributed by atoms with Gasteiger partial charge in [0.15, 0.2) is 5.78 Å². The van der Waals surface area contributed by atoms with Gasteiger partial charge in [0.1, 0.15) is 6.10 Å². The molecule has 1 aliphatic heterocycles. The highest BCUT2D eigenvalue weighted by molar-refractivity contribution is 5.87. The zero-order chi connectivity index (χ0) is 5.98. The molecule has 1 rings (SSSR count). The molecule has 0 aliphatic carbocycles. The summed E-state index contributed by atoms with van der Waals surface area (Å²) in [5.41, 5.74) is 0. The minimum atomic E-state index is -0.331. The Balaban J connectivity index is 2.35. The predicted molar refractivity (Wildman–Crippen MR) is 28.3 cm³/mol. The molecule has 0 N–H and O–H groups in total. The third kappa shape index (κ3) is 1.07. The number of carbonyl (C=O) groups is 1. The van der Waals surface area contributed by atoms with Crippen LogP contribution in [0.5, 0.6) is 0 Å². The summed E-state index contributed by atoms with van der Waals surface area (Å²) < 4.78 is 4.94. The molecule has 2 radical (unpaired) electrons. The van der Waals surface area contributed by atoms with Crippen molar-refractivity contribution in [1.82, 2.24) is 0 Å². The number of ether oxygens (including phenoxy) is 1. The molecular weight excluding hydrogens is 104 g/mol. The molecule has 2 heteroatoms. The fourth-order valence-electron chi connectivity index (χ4n) is 0.802. The van der Waals surface area contributed by atoms with E-state index in [1.807, 2.05) is 0 Å². The molecule has 8 heavy (non-hydrogen) atoms. The Labute approximate surface area is 48.8 Å². The van der Waals surface area contributed by atoms with Crippen LogP contribution in [-0.4, -0.2) is 18.5 Å². The maximum Gasteiger partial charge on any atom is 0.166 e. The average molecular weight is 112 g/mol. The van der Waals surface area contributed by atoms with Gasteiger partial charge in [-0.1, -0.05) is 0 Å². The molecule has 0 aromatic rings. The summed E-state index contributed by atoms with van der Waals surface area (Å²) in [6.45, 7) is 5.62. The van der Waals surface area contributed by atoms with Gasteiger partial charge in [-0.25, -0.2) is 0 Å². The van der Waals surface area contributed by atoms with Gasteiger partial charge < -0.3 is 4.74 Å². The minimum Gasteiger partial charge on any atom is -0.370 e. The number of hydrogen-bond donors (Lipinski definition) is 0. The van der Waals surface area contributed by atoms with Crippen molar-refractivity contribution in [2.75, 3.05) is 6.61 Å². The van der Waals surface area contributed by atoms with Gasteiger partial charge in [-0.3, -0.25) is 4.79 Å². The van der Waals surface area contributed by atoms with Crippen molar-refractivity contribution in [1.29, 1.82) is 0 Å². The van der Waals surface area contributed by atoms with Crippen molar-refractivity contribution >= 4 is 5.78 Å². The normalized spacial score (nSPS) is 28.4. The molecular formula is C6H8O2. The lowest BCUT2D eigenvalue weighted by Crippen LogP contribution is -2.15. The molecule has 1 heterocycles. The lowest BCUT2D eigenvalue weighted by atomic mass is 10.2. The number of Topliss-reactive ketones (excluding diaryl/α,β-unsaturated/α-hetero) is 1. The van der Waals surface area contributed by atoms with E-state index in [9.17, 15) is 4.79 Å². The highest BCUT2D eigenvalue weighted by atomic mass is 16.5. The van der Waals surface area contributed by atoms with E-state index in [0.29, 0.717) is 6.61 Å². The van der Waals surface area contributed by atoms with Gasteiger partial charge in [-0.05, 0) is 12.8 Å². The molecule has 1 fully saturated rings. The Bertz CT molecular complexity index is 92.7. The first-order chi connectivity index (χ1) is 3.80. The van der Waals surface area contributed by atoms with Gasteiger partial charge in [0.05, 0.1) is 0 Å². The lowest BCUT2D eigenvalue weighted by Gasteiger charge is -2.00. The monoisotopic (exact) mass is 112 g/mol. The number of carbonyl (C=O) groups excluding carboxylic acids is 1. The van der Waals surface area contributed by atoms with Gasteiger partial charge in [0, 0.05) is 13.5 Å². The van der Waals surface area contributed by atoms with Crippen LogP contribution < -0.4 is 0 Å². The second-order valence-electron chi connectivity index (χ2n) is 1.90. The van der Waals surface area contributed by atoms with Crippen LogP contribution in [0.3, 0.4) is 0 Å². The maximum absolute atomic E-state index is 10.3. The summed E-state index contributed by atoms with van der Waals surface area (Å²) in [5, 5.41) is 0. The molecule has 1 unspecified atom stereocenters. The number of rotatable bonds is 1. The zero-order valence-electron chi connectivity index (χ0n) is 4.59. The smallest absolute Gasteiger partial charge is 0.166 e. The van der Waals surface area contributed by atoms with Gasteiger partial charge in [0.2, 0.25) is 0 Å². The largest absolute Gasteiger partial charge is 0.370 e. The molecule has 44 valence electrons. The Morgan fingerprint density at radius 2 is 2.50 bits per heavy atom. The van der Waals surface area contributed by atoms with Crippen LogP contribution in [0, 0.1) is 6.92 Å². The molecule has 1 atom stereocenters. The topological polar surface area (TPSA) is 26.3 Å². The second-order valence-corrected chi connectivity index (χ2v) is 1.90. The van der Waals surface area contributed by atoms with Crippen molar-refractivity contribution in [3.63, 3.8) is 0 Å². The van der Waals surface area contributed by atoms with E-state index in [4.69, 9.17) is 11.7 Å². The first kappa shape index (κ1) is 5.76. The molecule has 0 saturated carbocycles. The summed E-state index contributed by atoms with van der Waals surface area (Å²) >= 11 is 0. The summed E-state index contributed by atoms with van der Waals surface area (Å²) in [4.78, 5) is 10.3. The Morgan fingerprint density at radius 1 is 1.75 bits per heavy atom. The van der Waals surface area contributed by atoms with Crippen LogP contribution in [0.15, 0.2) is 0 Å².